The Labute approximate surface area is 88.9 Å². The largest absolute Gasteiger partial charge is 0.236 e. The summed E-state index contributed by atoms with van der Waals surface area (Å²) in [5, 5.41) is 12.6. The van der Waals surface area contributed by atoms with Crippen LogP contribution in [0.1, 0.15) is 5.56 Å². The zero-order valence-electron chi connectivity index (χ0n) is 7.05. The van der Waals surface area contributed by atoms with E-state index in [9.17, 15) is 0 Å². The molecule has 0 unspecified atom stereocenters. The van der Waals surface area contributed by atoms with E-state index in [1.165, 1.54) is 6.20 Å². The maximum atomic E-state index is 8.58. The van der Waals surface area contributed by atoms with Gasteiger partial charge >= 0.3 is 0 Å². The number of rotatable bonds is 1. The summed E-state index contributed by atoms with van der Waals surface area (Å²) in [4.78, 5) is 4.09. The van der Waals surface area contributed by atoms with Crippen molar-refractivity contribution in [2.45, 2.75) is 0 Å². The first-order valence-corrected chi connectivity index (χ1v) is 4.65. The van der Waals surface area contributed by atoms with Gasteiger partial charge in [0, 0.05) is 12.4 Å². The molecule has 68 valence electrons. The number of halogens is 1. The molecule has 0 saturated heterocycles. The normalized spacial score (nSPS) is 9.71. The van der Waals surface area contributed by atoms with Crippen molar-refractivity contribution in [2.75, 3.05) is 0 Å². The molecular weight excluding hydrogens is 244 g/mol. The Balaban J connectivity index is 2.39. The molecule has 0 aliphatic carbocycles. The van der Waals surface area contributed by atoms with Crippen LogP contribution in [-0.4, -0.2) is 14.8 Å². The first kappa shape index (κ1) is 8.91. The summed E-state index contributed by atoms with van der Waals surface area (Å²) >= 11 is 3.29. The summed E-state index contributed by atoms with van der Waals surface area (Å²) in [7, 11) is 0. The zero-order chi connectivity index (χ0) is 9.97. The minimum Gasteiger partial charge on any atom is -0.236 e. The van der Waals surface area contributed by atoms with Gasteiger partial charge in [-0.1, -0.05) is 0 Å². The Morgan fingerprint density at radius 1 is 1.36 bits per heavy atom. The maximum absolute atomic E-state index is 8.58. The molecule has 0 bridgehead atoms. The SMILES string of the molecule is N#Cc1ccc(-n2cc(Br)cn2)nc1. The van der Waals surface area contributed by atoms with E-state index in [0.29, 0.717) is 11.4 Å². The van der Waals surface area contributed by atoms with E-state index in [1.54, 1.807) is 29.2 Å². The van der Waals surface area contributed by atoms with E-state index in [4.69, 9.17) is 5.26 Å². The highest BCUT2D eigenvalue weighted by Crippen LogP contribution is 2.10. The second kappa shape index (κ2) is 3.60. The Morgan fingerprint density at radius 3 is 2.71 bits per heavy atom. The number of nitrogens with zero attached hydrogens (tertiary/aromatic N) is 4. The van der Waals surface area contributed by atoms with Gasteiger partial charge in [0.15, 0.2) is 5.82 Å². The van der Waals surface area contributed by atoms with Crippen molar-refractivity contribution in [1.82, 2.24) is 14.8 Å². The molecule has 0 spiro atoms. The third kappa shape index (κ3) is 1.65. The molecule has 0 aliphatic heterocycles. The van der Waals surface area contributed by atoms with Crippen molar-refractivity contribution in [3.8, 4) is 11.9 Å². The van der Waals surface area contributed by atoms with Crippen LogP contribution in [0.15, 0.2) is 35.2 Å². The van der Waals surface area contributed by atoms with E-state index in [1.807, 2.05) is 6.07 Å². The van der Waals surface area contributed by atoms with Gasteiger partial charge in [0.25, 0.3) is 0 Å². The Kier molecular flexibility index (Phi) is 2.29. The number of hydrogen-bond donors (Lipinski definition) is 0. The molecule has 0 radical (unpaired) electrons. The molecule has 0 amide bonds. The van der Waals surface area contributed by atoms with Crippen LogP contribution >= 0.6 is 15.9 Å². The predicted molar refractivity (Wildman–Crippen MR) is 53.8 cm³/mol. The molecule has 0 N–H and O–H groups in total. The minimum atomic E-state index is 0.542. The van der Waals surface area contributed by atoms with Crippen LogP contribution in [0.2, 0.25) is 0 Å². The van der Waals surface area contributed by atoms with E-state index >= 15 is 0 Å². The smallest absolute Gasteiger partial charge is 0.153 e. The van der Waals surface area contributed by atoms with Gasteiger partial charge < -0.3 is 0 Å². The molecule has 4 nitrogen and oxygen atoms in total. The summed E-state index contributed by atoms with van der Waals surface area (Å²) in [6.07, 6.45) is 5.00. The third-order valence-electron chi connectivity index (χ3n) is 1.66. The lowest BCUT2D eigenvalue weighted by Gasteiger charge is -1.98. The molecule has 0 aliphatic rings. The lowest BCUT2D eigenvalue weighted by molar-refractivity contribution is 0.846. The van der Waals surface area contributed by atoms with Crippen molar-refractivity contribution < 1.29 is 0 Å². The second-order valence-electron chi connectivity index (χ2n) is 2.62. The summed E-state index contributed by atoms with van der Waals surface area (Å²) in [6, 6.07) is 5.46. The van der Waals surface area contributed by atoms with Gasteiger partial charge in [0.1, 0.15) is 6.07 Å². The number of nitriles is 1. The lowest BCUT2D eigenvalue weighted by Crippen LogP contribution is -1.97. The number of aromatic nitrogens is 3. The Hall–Kier alpha value is -1.67. The van der Waals surface area contributed by atoms with E-state index in [-0.39, 0.29) is 0 Å². The van der Waals surface area contributed by atoms with Crippen molar-refractivity contribution >= 4 is 15.9 Å². The van der Waals surface area contributed by atoms with Crippen LogP contribution in [0, 0.1) is 11.3 Å². The molecule has 2 heterocycles. The zero-order valence-corrected chi connectivity index (χ0v) is 8.64. The topological polar surface area (TPSA) is 54.5 Å². The first-order valence-electron chi connectivity index (χ1n) is 3.86. The fraction of sp³-hybridized carbons (Fsp3) is 0. The van der Waals surface area contributed by atoms with Crippen LogP contribution < -0.4 is 0 Å². The highest BCUT2D eigenvalue weighted by atomic mass is 79.9. The summed E-state index contributed by atoms with van der Waals surface area (Å²) in [6.45, 7) is 0. The molecule has 0 aromatic carbocycles. The van der Waals surface area contributed by atoms with Gasteiger partial charge in [-0.15, -0.1) is 0 Å². The van der Waals surface area contributed by atoms with Crippen molar-refractivity contribution in [3.63, 3.8) is 0 Å². The minimum absolute atomic E-state index is 0.542. The van der Waals surface area contributed by atoms with Crippen LogP contribution in [-0.2, 0) is 0 Å². The van der Waals surface area contributed by atoms with Crippen LogP contribution in [0.5, 0.6) is 0 Å². The molecule has 14 heavy (non-hydrogen) atoms. The van der Waals surface area contributed by atoms with Gasteiger partial charge in [-0.25, -0.2) is 9.67 Å². The molecule has 2 rings (SSSR count). The molecule has 0 saturated carbocycles. The quantitative estimate of drug-likeness (QED) is 0.775. The van der Waals surface area contributed by atoms with Gasteiger partial charge in [0.05, 0.1) is 16.2 Å². The van der Waals surface area contributed by atoms with Gasteiger partial charge in [-0.2, -0.15) is 10.4 Å². The average molecular weight is 249 g/mol. The summed E-state index contributed by atoms with van der Waals surface area (Å²) < 4.78 is 2.52. The highest BCUT2D eigenvalue weighted by Gasteiger charge is 1.99. The molecular formula is C9H5BrN4. The van der Waals surface area contributed by atoms with Crippen molar-refractivity contribution in [2.24, 2.45) is 0 Å². The Bertz CT molecular complexity index is 480. The fourth-order valence-corrected chi connectivity index (χ4v) is 1.30. The maximum Gasteiger partial charge on any atom is 0.153 e. The van der Waals surface area contributed by atoms with Crippen LogP contribution in [0.3, 0.4) is 0 Å². The van der Waals surface area contributed by atoms with Crippen molar-refractivity contribution in [1.29, 1.82) is 5.26 Å². The number of hydrogen-bond acceptors (Lipinski definition) is 3. The average Bonchev–Trinajstić information content (AvgIpc) is 2.65. The second-order valence-corrected chi connectivity index (χ2v) is 3.54. The lowest BCUT2D eigenvalue weighted by atomic mass is 10.3. The molecule has 5 heteroatoms. The van der Waals surface area contributed by atoms with E-state index < -0.39 is 0 Å². The van der Waals surface area contributed by atoms with Gasteiger partial charge in [0.2, 0.25) is 0 Å². The van der Waals surface area contributed by atoms with E-state index in [2.05, 4.69) is 26.0 Å². The molecule has 0 atom stereocenters. The standard InChI is InChI=1S/C9H5BrN4/c10-8-5-13-14(6-8)9-2-1-7(3-11)4-12-9/h1-2,4-6H. The van der Waals surface area contributed by atoms with Gasteiger partial charge in [-0.05, 0) is 28.1 Å². The third-order valence-corrected chi connectivity index (χ3v) is 2.07. The number of pyridine rings is 1. The van der Waals surface area contributed by atoms with Crippen molar-refractivity contribution in [3.05, 3.63) is 40.8 Å². The van der Waals surface area contributed by atoms with Crippen LogP contribution in [0.25, 0.3) is 5.82 Å². The summed E-state index contributed by atoms with van der Waals surface area (Å²) in [5.41, 5.74) is 0.542. The first-order chi connectivity index (χ1) is 6.79. The molecule has 2 aromatic rings. The summed E-state index contributed by atoms with van der Waals surface area (Å²) in [5.74, 6) is 0.690. The van der Waals surface area contributed by atoms with Gasteiger partial charge in [-0.3, -0.25) is 0 Å². The monoisotopic (exact) mass is 248 g/mol. The highest BCUT2D eigenvalue weighted by molar-refractivity contribution is 9.10. The predicted octanol–water partition coefficient (Wildman–Crippen LogP) is 1.90. The van der Waals surface area contributed by atoms with Crippen LogP contribution in [0.4, 0.5) is 0 Å². The fourth-order valence-electron chi connectivity index (χ4n) is 1.01. The molecule has 0 fully saturated rings. The van der Waals surface area contributed by atoms with E-state index in [0.717, 1.165) is 4.47 Å². The Morgan fingerprint density at radius 2 is 2.21 bits per heavy atom. The molecule has 2 aromatic heterocycles.